The number of nitrogens with zero attached hydrogens (tertiary/aromatic N) is 1. The summed E-state index contributed by atoms with van der Waals surface area (Å²) in [7, 11) is 0. The molecule has 0 saturated carbocycles. The number of halogens is 1. The van der Waals surface area contributed by atoms with E-state index in [4.69, 9.17) is 27.2 Å². The van der Waals surface area contributed by atoms with Crippen LogP contribution in [-0.2, 0) is 4.74 Å². The molecule has 1 aliphatic rings. The molecule has 0 radical (unpaired) electrons. The van der Waals surface area contributed by atoms with Gasteiger partial charge < -0.3 is 20.5 Å². The maximum absolute atomic E-state index is 12.4. The minimum absolute atomic E-state index is 0.0258. The number of aliphatic hydroxyl groups excluding tert-OH is 1. The number of benzene rings is 1. The number of nitrogen functional groups attached to an aromatic ring is 1. The molecule has 2 rings (SSSR count). The number of amides is 1. The Bertz CT molecular complexity index is 473. The summed E-state index contributed by atoms with van der Waals surface area (Å²) >= 11 is 6.05. The zero-order valence-corrected chi connectivity index (χ0v) is 12.0. The van der Waals surface area contributed by atoms with Gasteiger partial charge in [-0.1, -0.05) is 11.6 Å². The van der Waals surface area contributed by atoms with Gasteiger partial charge in [-0.15, -0.1) is 0 Å². The third-order valence-electron chi connectivity index (χ3n) is 3.39. The fraction of sp³-hybridized carbons (Fsp3) is 0.500. The molecule has 1 heterocycles. The Hall–Kier alpha value is -1.30. The van der Waals surface area contributed by atoms with Crippen molar-refractivity contribution in [2.45, 2.75) is 18.9 Å². The van der Waals surface area contributed by atoms with Gasteiger partial charge in [0.25, 0.3) is 5.91 Å². The van der Waals surface area contributed by atoms with Gasteiger partial charge in [-0.05, 0) is 31.0 Å². The van der Waals surface area contributed by atoms with Crippen LogP contribution in [-0.4, -0.2) is 48.3 Å². The summed E-state index contributed by atoms with van der Waals surface area (Å²) in [6, 6.07) is 4.92. The van der Waals surface area contributed by atoms with Crippen LogP contribution in [0.25, 0.3) is 0 Å². The van der Waals surface area contributed by atoms with Crippen molar-refractivity contribution in [2.75, 3.05) is 32.0 Å². The number of nitrogens with two attached hydrogens (primary N) is 1. The van der Waals surface area contributed by atoms with Crippen molar-refractivity contribution in [1.82, 2.24) is 4.90 Å². The number of likely N-dealkylation sites (tertiary alicyclic amines) is 1. The predicted octanol–water partition coefficient (Wildman–Crippen LogP) is 1.54. The van der Waals surface area contributed by atoms with Gasteiger partial charge in [0.15, 0.2) is 0 Å². The van der Waals surface area contributed by atoms with Gasteiger partial charge in [0.2, 0.25) is 0 Å². The lowest BCUT2D eigenvalue weighted by Gasteiger charge is -2.32. The summed E-state index contributed by atoms with van der Waals surface area (Å²) in [5.41, 5.74) is 6.67. The molecule has 5 nitrogen and oxygen atoms in total. The van der Waals surface area contributed by atoms with Gasteiger partial charge in [-0.25, -0.2) is 0 Å². The highest BCUT2D eigenvalue weighted by molar-refractivity contribution is 6.34. The summed E-state index contributed by atoms with van der Waals surface area (Å²) in [5.74, 6) is -0.0945. The second kappa shape index (κ2) is 6.92. The van der Waals surface area contributed by atoms with Crippen molar-refractivity contribution >= 4 is 23.2 Å². The van der Waals surface area contributed by atoms with Crippen LogP contribution in [0.2, 0.25) is 5.02 Å². The Morgan fingerprint density at radius 1 is 1.45 bits per heavy atom. The van der Waals surface area contributed by atoms with Gasteiger partial charge >= 0.3 is 0 Å². The minimum atomic E-state index is -0.0945. The molecule has 0 spiro atoms. The van der Waals surface area contributed by atoms with E-state index in [1.165, 1.54) is 0 Å². The standard InChI is InChI=1S/C14H19ClN2O3/c15-13-2-1-10(16)9-12(13)14(19)17-5-3-11(4-6-17)20-8-7-18/h1-2,9,11,18H,3-8,16H2. The molecule has 0 unspecified atom stereocenters. The topological polar surface area (TPSA) is 75.8 Å². The highest BCUT2D eigenvalue weighted by atomic mass is 35.5. The first kappa shape index (κ1) is 15.1. The smallest absolute Gasteiger partial charge is 0.255 e. The molecule has 0 aromatic heterocycles. The van der Waals surface area contributed by atoms with Crippen LogP contribution in [0.15, 0.2) is 18.2 Å². The number of aliphatic hydroxyl groups is 1. The van der Waals surface area contributed by atoms with Crippen molar-refractivity contribution in [3.8, 4) is 0 Å². The van der Waals surface area contributed by atoms with E-state index in [9.17, 15) is 4.79 Å². The van der Waals surface area contributed by atoms with E-state index in [1.807, 2.05) is 0 Å². The largest absolute Gasteiger partial charge is 0.399 e. The first-order valence-electron chi connectivity index (χ1n) is 6.68. The van der Waals surface area contributed by atoms with Crippen LogP contribution in [0, 0.1) is 0 Å². The minimum Gasteiger partial charge on any atom is -0.399 e. The second-order valence-electron chi connectivity index (χ2n) is 4.83. The molecule has 6 heteroatoms. The highest BCUT2D eigenvalue weighted by Crippen LogP contribution is 2.23. The zero-order chi connectivity index (χ0) is 14.5. The van der Waals surface area contributed by atoms with Gasteiger partial charge in [-0.2, -0.15) is 0 Å². The number of carbonyl (C=O) groups is 1. The molecule has 1 saturated heterocycles. The molecule has 1 amide bonds. The molecular formula is C14H19ClN2O3. The van der Waals surface area contributed by atoms with Crippen LogP contribution in [0.5, 0.6) is 0 Å². The molecule has 1 aliphatic heterocycles. The molecule has 0 bridgehead atoms. The van der Waals surface area contributed by atoms with E-state index in [0.717, 1.165) is 12.8 Å². The van der Waals surface area contributed by atoms with Gasteiger partial charge in [0.05, 0.1) is 29.9 Å². The van der Waals surface area contributed by atoms with Crippen molar-refractivity contribution in [3.05, 3.63) is 28.8 Å². The normalized spacial score (nSPS) is 16.4. The third kappa shape index (κ3) is 3.62. The van der Waals surface area contributed by atoms with Crippen molar-refractivity contribution < 1.29 is 14.6 Å². The number of hydrogen-bond acceptors (Lipinski definition) is 4. The summed E-state index contributed by atoms with van der Waals surface area (Å²) in [5, 5.41) is 9.15. The number of rotatable bonds is 4. The zero-order valence-electron chi connectivity index (χ0n) is 11.2. The summed E-state index contributed by atoms with van der Waals surface area (Å²) in [4.78, 5) is 14.2. The van der Waals surface area contributed by atoms with E-state index in [1.54, 1.807) is 23.1 Å². The van der Waals surface area contributed by atoms with Gasteiger partial charge in [0, 0.05) is 18.8 Å². The number of anilines is 1. The number of ether oxygens (including phenoxy) is 1. The average Bonchev–Trinajstić information content (AvgIpc) is 2.47. The van der Waals surface area contributed by atoms with Crippen LogP contribution in [0.1, 0.15) is 23.2 Å². The molecular weight excluding hydrogens is 280 g/mol. The van der Waals surface area contributed by atoms with Crippen molar-refractivity contribution in [3.63, 3.8) is 0 Å². The Kier molecular flexibility index (Phi) is 5.23. The number of piperidine rings is 1. The molecule has 0 aliphatic carbocycles. The van der Waals surface area contributed by atoms with Crippen LogP contribution in [0.3, 0.4) is 0 Å². The fourth-order valence-electron chi connectivity index (χ4n) is 2.32. The predicted molar refractivity (Wildman–Crippen MR) is 77.8 cm³/mol. The summed E-state index contributed by atoms with van der Waals surface area (Å²) < 4.78 is 5.47. The molecule has 1 aromatic rings. The SMILES string of the molecule is Nc1ccc(Cl)c(C(=O)N2CCC(OCCO)CC2)c1. The number of hydrogen-bond donors (Lipinski definition) is 2. The maximum atomic E-state index is 12.4. The molecule has 110 valence electrons. The van der Waals surface area contributed by atoms with Crippen LogP contribution in [0.4, 0.5) is 5.69 Å². The lowest BCUT2D eigenvalue weighted by molar-refractivity contribution is -0.00553. The first-order chi connectivity index (χ1) is 9.61. The lowest BCUT2D eigenvalue weighted by Crippen LogP contribution is -2.41. The Morgan fingerprint density at radius 3 is 2.80 bits per heavy atom. The highest BCUT2D eigenvalue weighted by Gasteiger charge is 2.25. The van der Waals surface area contributed by atoms with Gasteiger partial charge in [-0.3, -0.25) is 4.79 Å². The molecule has 20 heavy (non-hydrogen) atoms. The quantitative estimate of drug-likeness (QED) is 0.827. The monoisotopic (exact) mass is 298 g/mol. The maximum Gasteiger partial charge on any atom is 0.255 e. The second-order valence-corrected chi connectivity index (χ2v) is 5.23. The fourth-order valence-corrected chi connectivity index (χ4v) is 2.52. The van der Waals surface area contributed by atoms with Gasteiger partial charge in [0.1, 0.15) is 0 Å². The molecule has 1 fully saturated rings. The average molecular weight is 299 g/mol. The van der Waals surface area contributed by atoms with Crippen LogP contribution < -0.4 is 5.73 Å². The summed E-state index contributed by atoms with van der Waals surface area (Å²) in [6.45, 7) is 1.62. The molecule has 1 aromatic carbocycles. The Labute approximate surface area is 123 Å². The molecule has 3 N–H and O–H groups in total. The first-order valence-corrected chi connectivity index (χ1v) is 7.06. The Morgan fingerprint density at radius 2 is 2.15 bits per heavy atom. The van der Waals surface area contributed by atoms with Crippen molar-refractivity contribution in [1.29, 1.82) is 0 Å². The van der Waals surface area contributed by atoms with E-state index >= 15 is 0 Å². The Balaban J connectivity index is 1.96. The molecule has 0 atom stereocenters. The van der Waals surface area contributed by atoms with Crippen molar-refractivity contribution in [2.24, 2.45) is 0 Å². The lowest BCUT2D eigenvalue weighted by atomic mass is 10.1. The van der Waals surface area contributed by atoms with E-state index < -0.39 is 0 Å². The summed E-state index contributed by atoms with van der Waals surface area (Å²) in [6.07, 6.45) is 1.65. The van der Waals surface area contributed by atoms with E-state index in [-0.39, 0.29) is 18.6 Å². The van der Waals surface area contributed by atoms with E-state index in [2.05, 4.69) is 0 Å². The van der Waals surface area contributed by atoms with Crippen LogP contribution >= 0.6 is 11.6 Å². The van der Waals surface area contributed by atoms with E-state index in [0.29, 0.717) is 36.0 Å². The number of carbonyl (C=O) groups excluding carboxylic acids is 1. The third-order valence-corrected chi connectivity index (χ3v) is 3.72.